The Labute approximate surface area is 148 Å². The number of anilines is 1. The Bertz CT molecular complexity index is 710. The fourth-order valence-electron chi connectivity index (χ4n) is 4.19. The van der Waals surface area contributed by atoms with Crippen molar-refractivity contribution in [2.75, 3.05) is 31.5 Å². The molecular formula is C19H25N3O3. The van der Waals surface area contributed by atoms with Gasteiger partial charge in [0.25, 0.3) is 0 Å². The second-order valence-electron chi connectivity index (χ2n) is 7.45. The Kier molecular flexibility index (Phi) is 3.85. The van der Waals surface area contributed by atoms with Crippen LogP contribution in [0.4, 0.5) is 10.5 Å². The van der Waals surface area contributed by atoms with E-state index in [1.165, 1.54) is 11.1 Å². The number of likely N-dealkylation sites (N-methyl/N-ethyl adjacent to an activating group) is 1. The molecule has 0 bridgehead atoms. The standard InChI is InChI=1S/C19H25N3O3/c1-3-21-12-19(25-18(21)24)6-8-22(9-7-19)17(23)16-11-14-10-13(2)4-5-15(14)20-16/h4-5,10,16,20H,3,6-9,11-12H2,1-2H3. The summed E-state index contributed by atoms with van der Waals surface area (Å²) in [5.41, 5.74) is 3.11. The van der Waals surface area contributed by atoms with Gasteiger partial charge >= 0.3 is 6.09 Å². The first-order valence-electron chi connectivity index (χ1n) is 9.12. The van der Waals surface area contributed by atoms with Gasteiger partial charge in [-0.15, -0.1) is 0 Å². The highest BCUT2D eigenvalue weighted by molar-refractivity contribution is 5.87. The number of rotatable bonds is 2. The van der Waals surface area contributed by atoms with Crippen LogP contribution in [0.5, 0.6) is 0 Å². The Morgan fingerprint density at radius 2 is 2.12 bits per heavy atom. The predicted octanol–water partition coefficient (Wildman–Crippen LogP) is 2.16. The third kappa shape index (κ3) is 2.83. The largest absolute Gasteiger partial charge is 0.441 e. The molecular weight excluding hydrogens is 318 g/mol. The van der Waals surface area contributed by atoms with Crippen LogP contribution in [0.3, 0.4) is 0 Å². The summed E-state index contributed by atoms with van der Waals surface area (Å²) in [4.78, 5) is 28.4. The van der Waals surface area contributed by atoms with E-state index in [0.717, 1.165) is 24.9 Å². The van der Waals surface area contributed by atoms with E-state index >= 15 is 0 Å². The first-order valence-corrected chi connectivity index (χ1v) is 9.12. The predicted molar refractivity (Wildman–Crippen MR) is 94.6 cm³/mol. The third-order valence-corrected chi connectivity index (χ3v) is 5.72. The Balaban J connectivity index is 1.37. The van der Waals surface area contributed by atoms with Crippen molar-refractivity contribution in [3.8, 4) is 0 Å². The molecule has 3 aliphatic heterocycles. The molecule has 25 heavy (non-hydrogen) atoms. The van der Waals surface area contributed by atoms with Crippen LogP contribution in [0.1, 0.15) is 30.9 Å². The van der Waals surface area contributed by atoms with Crippen LogP contribution in [-0.2, 0) is 16.0 Å². The molecule has 1 atom stereocenters. The molecule has 0 aliphatic carbocycles. The molecule has 4 rings (SSSR count). The Morgan fingerprint density at radius 1 is 1.36 bits per heavy atom. The van der Waals surface area contributed by atoms with E-state index in [4.69, 9.17) is 4.74 Å². The van der Waals surface area contributed by atoms with Crippen molar-refractivity contribution in [3.05, 3.63) is 29.3 Å². The maximum absolute atomic E-state index is 12.9. The summed E-state index contributed by atoms with van der Waals surface area (Å²) in [6, 6.07) is 6.10. The summed E-state index contributed by atoms with van der Waals surface area (Å²) in [6.45, 7) is 6.66. The van der Waals surface area contributed by atoms with E-state index in [2.05, 4.69) is 30.4 Å². The summed E-state index contributed by atoms with van der Waals surface area (Å²) >= 11 is 0. The third-order valence-electron chi connectivity index (χ3n) is 5.72. The number of benzene rings is 1. The average Bonchev–Trinajstić information content (AvgIpc) is 3.15. The van der Waals surface area contributed by atoms with Gasteiger partial charge in [-0.05, 0) is 25.5 Å². The highest BCUT2D eigenvalue weighted by Crippen LogP contribution is 2.34. The zero-order chi connectivity index (χ0) is 17.6. The normalized spacial score (nSPS) is 24.2. The lowest BCUT2D eigenvalue weighted by molar-refractivity contribution is -0.135. The average molecular weight is 343 g/mol. The molecule has 6 nitrogen and oxygen atoms in total. The van der Waals surface area contributed by atoms with E-state index in [1.807, 2.05) is 11.8 Å². The van der Waals surface area contributed by atoms with E-state index in [9.17, 15) is 9.59 Å². The van der Waals surface area contributed by atoms with Crippen LogP contribution in [0.25, 0.3) is 0 Å². The molecule has 6 heteroatoms. The van der Waals surface area contributed by atoms with E-state index in [1.54, 1.807) is 4.90 Å². The lowest BCUT2D eigenvalue weighted by Gasteiger charge is -2.38. The van der Waals surface area contributed by atoms with Crippen LogP contribution in [0.2, 0.25) is 0 Å². The van der Waals surface area contributed by atoms with Crippen LogP contribution in [0, 0.1) is 6.92 Å². The SMILES string of the molecule is CCN1CC2(CCN(C(=O)C3Cc4cc(C)ccc4N3)CC2)OC1=O. The molecule has 0 saturated carbocycles. The van der Waals surface area contributed by atoms with Crippen molar-refractivity contribution < 1.29 is 14.3 Å². The molecule has 3 heterocycles. The number of carbonyl (C=O) groups excluding carboxylic acids is 2. The number of hydrogen-bond acceptors (Lipinski definition) is 4. The van der Waals surface area contributed by atoms with Gasteiger partial charge in [0.1, 0.15) is 11.6 Å². The monoisotopic (exact) mass is 343 g/mol. The van der Waals surface area contributed by atoms with Crippen LogP contribution >= 0.6 is 0 Å². The minimum Gasteiger partial charge on any atom is -0.441 e. The fourth-order valence-corrected chi connectivity index (χ4v) is 4.19. The molecule has 1 spiro atoms. The van der Waals surface area contributed by atoms with Crippen LogP contribution < -0.4 is 5.32 Å². The summed E-state index contributed by atoms with van der Waals surface area (Å²) < 4.78 is 5.64. The molecule has 3 aliphatic rings. The summed E-state index contributed by atoms with van der Waals surface area (Å²) in [5, 5.41) is 3.36. The number of aryl methyl sites for hydroxylation is 1. The number of ether oxygens (including phenoxy) is 1. The van der Waals surface area contributed by atoms with Gasteiger partial charge in [-0.1, -0.05) is 17.7 Å². The smallest absolute Gasteiger partial charge is 0.410 e. The first-order chi connectivity index (χ1) is 12.0. The minimum absolute atomic E-state index is 0.153. The zero-order valence-corrected chi connectivity index (χ0v) is 14.9. The van der Waals surface area contributed by atoms with Crippen molar-refractivity contribution in [1.29, 1.82) is 0 Å². The van der Waals surface area contributed by atoms with Crippen molar-refractivity contribution >= 4 is 17.7 Å². The van der Waals surface area contributed by atoms with Gasteiger partial charge in [0, 0.05) is 44.6 Å². The molecule has 2 amide bonds. The van der Waals surface area contributed by atoms with Gasteiger partial charge in [-0.3, -0.25) is 4.79 Å². The van der Waals surface area contributed by atoms with Gasteiger partial charge in [0.05, 0.1) is 6.54 Å². The van der Waals surface area contributed by atoms with Gasteiger partial charge < -0.3 is 19.9 Å². The quantitative estimate of drug-likeness (QED) is 0.894. The summed E-state index contributed by atoms with van der Waals surface area (Å²) in [6.07, 6.45) is 1.97. The van der Waals surface area contributed by atoms with Crippen LogP contribution in [0.15, 0.2) is 18.2 Å². The fraction of sp³-hybridized carbons (Fsp3) is 0.579. The minimum atomic E-state index is -0.396. The van der Waals surface area contributed by atoms with Crippen molar-refractivity contribution in [3.63, 3.8) is 0 Å². The van der Waals surface area contributed by atoms with Crippen LogP contribution in [-0.4, -0.2) is 59.6 Å². The van der Waals surface area contributed by atoms with Crippen molar-refractivity contribution in [1.82, 2.24) is 9.80 Å². The molecule has 1 N–H and O–H groups in total. The van der Waals surface area contributed by atoms with Gasteiger partial charge in [0.15, 0.2) is 0 Å². The molecule has 1 unspecified atom stereocenters. The Hall–Kier alpha value is -2.24. The number of piperidine rings is 1. The number of hydrogen-bond donors (Lipinski definition) is 1. The zero-order valence-electron chi connectivity index (χ0n) is 14.9. The van der Waals surface area contributed by atoms with Crippen molar-refractivity contribution in [2.24, 2.45) is 0 Å². The highest BCUT2D eigenvalue weighted by Gasteiger charge is 2.47. The summed E-state index contributed by atoms with van der Waals surface area (Å²) in [7, 11) is 0. The number of nitrogens with zero attached hydrogens (tertiary/aromatic N) is 2. The van der Waals surface area contributed by atoms with Crippen molar-refractivity contribution in [2.45, 2.75) is 44.8 Å². The molecule has 0 radical (unpaired) electrons. The number of fused-ring (bicyclic) bond motifs is 1. The summed E-state index contributed by atoms with van der Waals surface area (Å²) in [5.74, 6) is 0.153. The number of likely N-dealkylation sites (tertiary alicyclic amines) is 1. The molecule has 1 aromatic rings. The van der Waals surface area contributed by atoms with E-state index in [0.29, 0.717) is 26.2 Å². The van der Waals surface area contributed by atoms with E-state index < -0.39 is 5.60 Å². The highest BCUT2D eigenvalue weighted by atomic mass is 16.6. The first kappa shape index (κ1) is 16.2. The van der Waals surface area contributed by atoms with Gasteiger partial charge in [-0.25, -0.2) is 4.79 Å². The van der Waals surface area contributed by atoms with Gasteiger partial charge in [-0.2, -0.15) is 0 Å². The van der Waals surface area contributed by atoms with E-state index in [-0.39, 0.29) is 18.0 Å². The topological polar surface area (TPSA) is 61.9 Å². The molecule has 0 aromatic heterocycles. The van der Waals surface area contributed by atoms with Gasteiger partial charge in [0.2, 0.25) is 5.91 Å². The lowest BCUT2D eigenvalue weighted by Crippen LogP contribution is -2.52. The maximum atomic E-state index is 12.9. The maximum Gasteiger partial charge on any atom is 0.410 e. The number of carbonyl (C=O) groups is 2. The number of nitrogens with one attached hydrogen (secondary N) is 1. The second-order valence-corrected chi connectivity index (χ2v) is 7.45. The molecule has 2 saturated heterocycles. The molecule has 134 valence electrons. The second kappa shape index (κ2) is 5.93. The Morgan fingerprint density at radius 3 is 2.80 bits per heavy atom. The number of amides is 2. The lowest BCUT2D eigenvalue weighted by atomic mass is 9.91. The molecule has 2 fully saturated rings. The molecule has 1 aromatic carbocycles.